The van der Waals surface area contributed by atoms with E-state index in [2.05, 4.69) is 43.3 Å². The molecule has 118 valence electrons. The molecule has 0 aliphatic carbocycles. The van der Waals surface area contributed by atoms with E-state index >= 15 is 0 Å². The van der Waals surface area contributed by atoms with Crippen molar-refractivity contribution >= 4 is 0 Å². The maximum absolute atomic E-state index is 5.65. The number of nitrogens with zero attached hydrogens (tertiary/aromatic N) is 2. The van der Waals surface area contributed by atoms with Gasteiger partial charge in [-0.15, -0.1) is 0 Å². The Bertz CT molecular complexity index is 679. The van der Waals surface area contributed by atoms with Crippen molar-refractivity contribution < 1.29 is 9.47 Å². The summed E-state index contributed by atoms with van der Waals surface area (Å²) in [6.07, 6.45) is 0. The maximum atomic E-state index is 5.65. The zero-order chi connectivity index (χ0) is 15.7. The second-order valence-corrected chi connectivity index (χ2v) is 5.78. The first kappa shape index (κ1) is 14.9. The molecule has 1 aliphatic rings. The van der Waals surface area contributed by atoms with Gasteiger partial charge in [-0.25, -0.2) is 0 Å². The van der Waals surface area contributed by atoms with E-state index in [4.69, 9.17) is 9.47 Å². The second-order valence-electron chi connectivity index (χ2n) is 5.78. The van der Waals surface area contributed by atoms with Crippen LogP contribution in [0.2, 0.25) is 0 Å². The molecule has 2 aromatic rings. The van der Waals surface area contributed by atoms with Crippen molar-refractivity contribution in [3.63, 3.8) is 0 Å². The van der Waals surface area contributed by atoms with Crippen LogP contribution in [0.4, 0.5) is 0 Å². The normalized spacial score (nSPS) is 14.9. The average molecular weight is 301 g/mol. The van der Waals surface area contributed by atoms with Crippen LogP contribution in [0.1, 0.15) is 35.5 Å². The molecule has 1 atom stereocenters. The average Bonchev–Trinajstić information content (AvgIpc) is 2.77. The first-order valence-electron chi connectivity index (χ1n) is 7.68. The Hall–Kier alpha value is -2.01. The molecule has 0 unspecified atom stereocenters. The van der Waals surface area contributed by atoms with Gasteiger partial charge in [0.25, 0.3) is 0 Å². The van der Waals surface area contributed by atoms with E-state index in [1.54, 1.807) is 0 Å². The van der Waals surface area contributed by atoms with E-state index in [-0.39, 0.29) is 6.04 Å². The molecule has 0 radical (unpaired) electrons. The lowest BCUT2D eigenvalue weighted by Gasteiger charge is -2.21. The molecule has 0 spiro atoms. The number of aryl methyl sites for hydroxylation is 2. The van der Waals surface area contributed by atoms with Crippen LogP contribution in [0.3, 0.4) is 0 Å². The van der Waals surface area contributed by atoms with Crippen LogP contribution in [0, 0.1) is 13.8 Å². The molecular weight excluding hydrogens is 278 g/mol. The number of hydrogen-bond acceptors (Lipinski definition) is 4. The largest absolute Gasteiger partial charge is 0.486 e. The first-order chi connectivity index (χ1) is 10.6. The van der Waals surface area contributed by atoms with Crippen molar-refractivity contribution in [3.05, 3.63) is 40.7 Å². The highest BCUT2D eigenvalue weighted by Gasteiger charge is 2.15. The SMILES string of the molecule is Cc1nn(C)c(C)c1CN[C@H](C)c1ccc2c(c1)OCCO2. The van der Waals surface area contributed by atoms with Gasteiger partial charge in [0.05, 0.1) is 5.69 Å². The number of rotatable bonds is 4. The number of hydrogen-bond donors (Lipinski definition) is 1. The lowest BCUT2D eigenvalue weighted by atomic mass is 10.1. The smallest absolute Gasteiger partial charge is 0.161 e. The van der Waals surface area contributed by atoms with E-state index in [9.17, 15) is 0 Å². The molecule has 3 rings (SSSR count). The Kier molecular flexibility index (Phi) is 4.07. The predicted molar refractivity (Wildman–Crippen MR) is 85.4 cm³/mol. The number of benzene rings is 1. The molecule has 1 aromatic heterocycles. The van der Waals surface area contributed by atoms with Crippen LogP contribution in [-0.2, 0) is 13.6 Å². The third-order valence-corrected chi connectivity index (χ3v) is 4.31. The lowest BCUT2D eigenvalue weighted by molar-refractivity contribution is 0.171. The van der Waals surface area contributed by atoms with Crippen LogP contribution in [-0.4, -0.2) is 23.0 Å². The molecule has 5 nitrogen and oxygen atoms in total. The fraction of sp³-hybridized carbons (Fsp3) is 0.471. The highest BCUT2D eigenvalue weighted by atomic mass is 16.6. The quantitative estimate of drug-likeness (QED) is 0.943. The summed E-state index contributed by atoms with van der Waals surface area (Å²) >= 11 is 0. The highest BCUT2D eigenvalue weighted by molar-refractivity contribution is 5.44. The second kappa shape index (κ2) is 6.01. The molecule has 1 N–H and O–H groups in total. The van der Waals surface area contributed by atoms with Crippen LogP contribution in [0.15, 0.2) is 18.2 Å². The molecule has 0 fully saturated rings. The summed E-state index contributed by atoms with van der Waals surface area (Å²) in [5.74, 6) is 1.67. The van der Waals surface area contributed by atoms with Crippen molar-refractivity contribution in [2.45, 2.75) is 33.4 Å². The molecule has 1 aromatic carbocycles. The van der Waals surface area contributed by atoms with Crippen molar-refractivity contribution in [2.24, 2.45) is 7.05 Å². The van der Waals surface area contributed by atoms with Gasteiger partial charge in [0, 0.05) is 30.9 Å². The van der Waals surface area contributed by atoms with Crippen molar-refractivity contribution in [3.8, 4) is 11.5 Å². The lowest BCUT2D eigenvalue weighted by Crippen LogP contribution is -2.20. The van der Waals surface area contributed by atoms with Gasteiger partial charge in [-0.3, -0.25) is 4.68 Å². The van der Waals surface area contributed by atoms with Crippen LogP contribution >= 0.6 is 0 Å². The Balaban J connectivity index is 1.70. The molecule has 22 heavy (non-hydrogen) atoms. The predicted octanol–water partition coefficient (Wildman–Crippen LogP) is 2.66. The summed E-state index contributed by atoms with van der Waals surface area (Å²) in [7, 11) is 1.98. The Labute approximate surface area is 131 Å². The summed E-state index contributed by atoms with van der Waals surface area (Å²) in [5, 5.41) is 8.03. The van der Waals surface area contributed by atoms with Gasteiger partial charge in [0.15, 0.2) is 11.5 Å². The standard InChI is InChI=1S/C17H23N3O2/c1-11(18-10-15-12(2)19-20(4)13(15)3)14-5-6-16-17(9-14)22-8-7-21-16/h5-6,9,11,18H,7-8,10H2,1-4H3/t11-/m1/s1. The molecule has 0 saturated heterocycles. The van der Waals surface area contributed by atoms with Gasteiger partial charge >= 0.3 is 0 Å². The Morgan fingerprint density at radius 2 is 1.95 bits per heavy atom. The summed E-state index contributed by atoms with van der Waals surface area (Å²) in [6.45, 7) is 8.37. The molecule has 0 saturated carbocycles. The maximum Gasteiger partial charge on any atom is 0.161 e. The van der Waals surface area contributed by atoms with Gasteiger partial charge in [0.1, 0.15) is 13.2 Å². The van der Waals surface area contributed by atoms with Gasteiger partial charge in [-0.2, -0.15) is 5.10 Å². The zero-order valence-electron chi connectivity index (χ0n) is 13.6. The number of ether oxygens (including phenoxy) is 2. The third-order valence-electron chi connectivity index (χ3n) is 4.31. The summed E-state index contributed by atoms with van der Waals surface area (Å²) in [5.41, 5.74) is 4.76. The summed E-state index contributed by atoms with van der Waals surface area (Å²) in [6, 6.07) is 6.38. The molecule has 0 amide bonds. The zero-order valence-corrected chi connectivity index (χ0v) is 13.6. The number of fused-ring (bicyclic) bond motifs is 1. The topological polar surface area (TPSA) is 48.3 Å². The first-order valence-corrected chi connectivity index (χ1v) is 7.68. The van der Waals surface area contributed by atoms with Gasteiger partial charge in [-0.1, -0.05) is 6.07 Å². The van der Waals surface area contributed by atoms with Crippen LogP contribution in [0.5, 0.6) is 11.5 Å². The third kappa shape index (κ3) is 2.81. The van der Waals surface area contributed by atoms with E-state index in [0.717, 1.165) is 23.7 Å². The van der Waals surface area contributed by atoms with Gasteiger partial charge in [-0.05, 0) is 38.5 Å². The van der Waals surface area contributed by atoms with Crippen molar-refractivity contribution in [1.82, 2.24) is 15.1 Å². The molecule has 0 bridgehead atoms. The molecular formula is C17H23N3O2. The van der Waals surface area contributed by atoms with Crippen LogP contribution in [0.25, 0.3) is 0 Å². The van der Waals surface area contributed by atoms with E-state index in [1.807, 2.05) is 17.8 Å². The fourth-order valence-electron chi connectivity index (χ4n) is 2.78. The fourth-order valence-corrected chi connectivity index (χ4v) is 2.78. The van der Waals surface area contributed by atoms with E-state index in [0.29, 0.717) is 13.2 Å². The minimum atomic E-state index is 0.231. The van der Waals surface area contributed by atoms with Gasteiger partial charge < -0.3 is 14.8 Å². The number of nitrogens with one attached hydrogen (secondary N) is 1. The van der Waals surface area contributed by atoms with Crippen LogP contribution < -0.4 is 14.8 Å². The van der Waals surface area contributed by atoms with Crippen molar-refractivity contribution in [1.29, 1.82) is 0 Å². The summed E-state index contributed by atoms with van der Waals surface area (Å²) < 4.78 is 13.1. The van der Waals surface area contributed by atoms with E-state index < -0.39 is 0 Å². The monoisotopic (exact) mass is 301 g/mol. The Morgan fingerprint density at radius 1 is 1.23 bits per heavy atom. The minimum absolute atomic E-state index is 0.231. The molecule has 1 aliphatic heterocycles. The molecule has 5 heteroatoms. The minimum Gasteiger partial charge on any atom is -0.486 e. The molecule has 2 heterocycles. The van der Waals surface area contributed by atoms with E-state index in [1.165, 1.54) is 16.8 Å². The van der Waals surface area contributed by atoms with Gasteiger partial charge in [0.2, 0.25) is 0 Å². The summed E-state index contributed by atoms with van der Waals surface area (Å²) in [4.78, 5) is 0. The highest BCUT2D eigenvalue weighted by Crippen LogP contribution is 2.32. The Morgan fingerprint density at radius 3 is 2.64 bits per heavy atom. The number of aromatic nitrogens is 2. The van der Waals surface area contributed by atoms with Crippen molar-refractivity contribution in [2.75, 3.05) is 13.2 Å².